The van der Waals surface area contributed by atoms with Gasteiger partial charge in [-0.15, -0.1) is 0 Å². The Hall–Kier alpha value is -2.64. The van der Waals surface area contributed by atoms with Gasteiger partial charge in [0.2, 0.25) is 0 Å². The first kappa shape index (κ1) is 14.3. The first-order chi connectivity index (χ1) is 10.6. The van der Waals surface area contributed by atoms with Crippen LogP contribution in [0.15, 0.2) is 18.3 Å². The van der Waals surface area contributed by atoms with Gasteiger partial charge in [-0.1, -0.05) is 0 Å². The Bertz CT molecular complexity index is 722. The minimum atomic E-state index is -0.732. The molecule has 0 saturated heterocycles. The monoisotopic (exact) mass is 303 g/mol. The molecule has 0 spiro atoms. The van der Waals surface area contributed by atoms with E-state index in [0.717, 1.165) is 18.7 Å². The third kappa shape index (κ3) is 2.85. The fraction of sp³-hybridized carbons (Fsp3) is 0.429. The summed E-state index contributed by atoms with van der Waals surface area (Å²) in [6.45, 7) is 1.55. The maximum absolute atomic E-state index is 12.0. The molecule has 0 aromatic carbocycles. The van der Waals surface area contributed by atoms with Crippen molar-refractivity contribution in [1.82, 2.24) is 19.9 Å². The van der Waals surface area contributed by atoms with Crippen LogP contribution >= 0.6 is 0 Å². The number of anilines is 1. The molecule has 2 heterocycles. The molecule has 1 aliphatic carbocycles. The normalized spacial score (nSPS) is 15.4. The maximum atomic E-state index is 12.0. The molecule has 3 rings (SSSR count). The first-order valence-electron chi connectivity index (χ1n) is 7.09. The molecule has 22 heavy (non-hydrogen) atoms. The Labute approximate surface area is 126 Å². The number of pyridine rings is 1. The lowest BCUT2D eigenvalue weighted by Crippen LogP contribution is -2.41. The van der Waals surface area contributed by atoms with E-state index < -0.39 is 18.0 Å². The van der Waals surface area contributed by atoms with Gasteiger partial charge < -0.3 is 15.4 Å². The molecule has 1 unspecified atom stereocenters. The number of ether oxygens (including phenoxy) is 1. The highest BCUT2D eigenvalue weighted by Crippen LogP contribution is 2.38. The number of hydrogen-bond acceptors (Lipinski definition) is 5. The van der Waals surface area contributed by atoms with E-state index in [0.29, 0.717) is 17.3 Å². The van der Waals surface area contributed by atoms with E-state index in [2.05, 4.69) is 25.5 Å². The van der Waals surface area contributed by atoms with Crippen molar-refractivity contribution in [3.8, 4) is 0 Å². The number of fused-ring (bicyclic) bond motifs is 1. The van der Waals surface area contributed by atoms with E-state index in [-0.39, 0.29) is 0 Å². The van der Waals surface area contributed by atoms with E-state index >= 15 is 0 Å². The summed E-state index contributed by atoms with van der Waals surface area (Å²) in [5.74, 6) is 0.727. The van der Waals surface area contributed by atoms with Gasteiger partial charge in [0.05, 0.1) is 12.8 Å². The maximum Gasteiger partial charge on any atom is 0.328 e. The quantitative estimate of drug-likeness (QED) is 0.829. The topological polar surface area (TPSA) is 97.6 Å². The number of hydrogen-bond donors (Lipinski definition) is 2. The summed E-state index contributed by atoms with van der Waals surface area (Å²) in [4.78, 5) is 27.7. The largest absolute Gasteiger partial charge is 0.467 e. The molecule has 1 fully saturated rings. The van der Waals surface area contributed by atoms with E-state index in [9.17, 15) is 9.59 Å². The van der Waals surface area contributed by atoms with E-state index in [1.54, 1.807) is 29.8 Å². The van der Waals surface area contributed by atoms with Gasteiger partial charge in [-0.2, -0.15) is 5.10 Å². The van der Waals surface area contributed by atoms with E-state index in [1.165, 1.54) is 7.11 Å². The van der Waals surface area contributed by atoms with Crippen molar-refractivity contribution in [3.63, 3.8) is 0 Å². The van der Waals surface area contributed by atoms with Crippen LogP contribution in [0.5, 0.6) is 0 Å². The molecule has 0 bridgehead atoms. The standard InChI is InChI=1S/C14H17N5O3/c1-8(13(20)22-2)15-14(21)16-10-4-3-7-19-12(10)17-11(18-19)9-5-6-9/h3-4,7-9H,5-6H2,1-2H3,(H2,15,16,21). The molecule has 2 N–H and O–H groups in total. The predicted molar refractivity (Wildman–Crippen MR) is 78.6 cm³/mol. The summed E-state index contributed by atoms with van der Waals surface area (Å²) < 4.78 is 6.21. The van der Waals surface area contributed by atoms with Crippen LogP contribution in [0.3, 0.4) is 0 Å². The lowest BCUT2D eigenvalue weighted by atomic mass is 10.3. The minimum absolute atomic E-state index is 0.431. The molecule has 2 aromatic heterocycles. The molecule has 1 atom stereocenters. The molecule has 2 aromatic rings. The summed E-state index contributed by atoms with van der Waals surface area (Å²) >= 11 is 0. The number of carbonyl (C=O) groups is 2. The third-order valence-electron chi connectivity index (χ3n) is 3.47. The van der Waals surface area contributed by atoms with Gasteiger partial charge in [0.1, 0.15) is 6.04 Å². The summed E-state index contributed by atoms with van der Waals surface area (Å²) in [6, 6.07) is 2.28. The Balaban J connectivity index is 1.75. The van der Waals surface area contributed by atoms with Crippen molar-refractivity contribution in [1.29, 1.82) is 0 Å². The second-order valence-corrected chi connectivity index (χ2v) is 5.28. The van der Waals surface area contributed by atoms with Crippen molar-refractivity contribution in [2.45, 2.75) is 31.7 Å². The number of esters is 1. The van der Waals surface area contributed by atoms with Crippen LogP contribution in [-0.4, -0.2) is 39.8 Å². The van der Waals surface area contributed by atoms with E-state index in [1.807, 2.05) is 0 Å². The highest BCUT2D eigenvalue weighted by atomic mass is 16.5. The van der Waals surface area contributed by atoms with Gasteiger partial charge in [-0.3, -0.25) is 0 Å². The first-order valence-corrected chi connectivity index (χ1v) is 7.09. The SMILES string of the molecule is COC(=O)C(C)NC(=O)Nc1cccn2nc(C3CC3)nc12. The van der Waals surface area contributed by atoms with Crippen LogP contribution in [0.1, 0.15) is 31.5 Å². The Kier molecular flexibility index (Phi) is 3.66. The van der Waals surface area contributed by atoms with Crippen molar-refractivity contribution in [2.75, 3.05) is 12.4 Å². The number of nitrogens with one attached hydrogen (secondary N) is 2. The second-order valence-electron chi connectivity index (χ2n) is 5.28. The Morgan fingerprint density at radius 2 is 2.23 bits per heavy atom. The number of urea groups is 1. The highest BCUT2D eigenvalue weighted by Gasteiger charge is 2.28. The van der Waals surface area contributed by atoms with Crippen LogP contribution in [0.2, 0.25) is 0 Å². The minimum Gasteiger partial charge on any atom is -0.467 e. The number of carbonyl (C=O) groups excluding carboxylic acids is 2. The number of rotatable bonds is 4. The van der Waals surface area contributed by atoms with Gasteiger partial charge >= 0.3 is 12.0 Å². The molecule has 1 aliphatic rings. The zero-order chi connectivity index (χ0) is 15.7. The van der Waals surface area contributed by atoms with Gasteiger partial charge in [0.25, 0.3) is 0 Å². The summed E-state index contributed by atoms with van der Waals surface area (Å²) in [7, 11) is 1.27. The highest BCUT2D eigenvalue weighted by molar-refractivity contribution is 5.95. The van der Waals surface area contributed by atoms with Crippen molar-refractivity contribution < 1.29 is 14.3 Å². The lowest BCUT2D eigenvalue weighted by Gasteiger charge is -2.12. The molecular formula is C14H17N5O3. The molecule has 8 nitrogen and oxygen atoms in total. The van der Waals surface area contributed by atoms with Gasteiger partial charge in [-0.05, 0) is 31.9 Å². The zero-order valence-electron chi connectivity index (χ0n) is 12.4. The summed E-state index contributed by atoms with van der Waals surface area (Å²) in [6.07, 6.45) is 4.00. The van der Waals surface area contributed by atoms with Crippen LogP contribution in [-0.2, 0) is 9.53 Å². The van der Waals surface area contributed by atoms with Crippen molar-refractivity contribution in [2.24, 2.45) is 0 Å². The van der Waals surface area contributed by atoms with Crippen LogP contribution in [0.4, 0.5) is 10.5 Å². The number of nitrogens with zero attached hydrogens (tertiary/aromatic N) is 3. The number of amides is 2. The fourth-order valence-corrected chi connectivity index (χ4v) is 2.13. The molecule has 0 radical (unpaired) electrons. The van der Waals surface area contributed by atoms with Gasteiger partial charge in [0, 0.05) is 12.1 Å². The average molecular weight is 303 g/mol. The van der Waals surface area contributed by atoms with Crippen molar-refractivity contribution in [3.05, 3.63) is 24.2 Å². The predicted octanol–water partition coefficient (Wildman–Crippen LogP) is 1.29. The van der Waals surface area contributed by atoms with Crippen molar-refractivity contribution >= 4 is 23.3 Å². The summed E-state index contributed by atoms with van der Waals surface area (Å²) in [5, 5.41) is 9.59. The number of methoxy groups -OCH3 is 1. The molecule has 8 heteroatoms. The third-order valence-corrected chi connectivity index (χ3v) is 3.47. The smallest absolute Gasteiger partial charge is 0.328 e. The average Bonchev–Trinajstić information content (AvgIpc) is 3.25. The second kappa shape index (κ2) is 5.63. The summed E-state index contributed by atoms with van der Waals surface area (Å²) in [5.41, 5.74) is 1.13. The Morgan fingerprint density at radius 3 is 2.91 bits per heavy atom. The lowest BCUT2D eigenvalue weighted by molar-refractivity contribution is -0.142. The van der Waals surface area contributed by atoms with Crippen LogP contribution in [0.25, 0.3) is 5.65 Å². The molecule has 1 saturated carbocycles. The fourth-order valence-electron chi connectivity index (χ4n) is 2.13. The van der Waals surface area contributed by atoms with Gasteiger partial charge in [-0.25, -0.2) is 19.1 Å². The van der Waals surface area contributed by atoms with Crippen LogP contribution in [0, 0.1) is 0 Å². The molecular weight excluding hydrogens is 286 g/mol. The number of aromatic nitrogens is 3. The molecule has 0 aliphatic heterocycles. The van der Waals surface area contributed by atoms with E-state index in [4.69, 9.17) is 0 Å². The van der Waals surface area contributed by atoms with Crippen LogP contribution < -0.4 is 10.6 Å². The zero-order valence-corrected chi connectivity index (χ0v) is 12.4. The Morgan fingerprint density at radius 1 is 1.45 bits per heavy atom. The van der Waals surface area contributed by atoms with Gasteiger partial charge in [0.15, 0.2) is 11.5 Å². The molecule has 2 amide bonds. The molecule has 116 valence electrons.